The third kappa shape index (κ3) is 3.63. The van der Waals surface area contributed by atoms with E-state index in [1.165, 1.54) is 12.1 Å². The average Bonchev–Trinajstić information content (AvgIpc) is 2.98. The summed E-state index contributed by atoms with van der Waals surface area (Å²) >= 11 is 5.92. The van der Waals surface area contributed by atoms with E-state index in [-0.39, 0.29) is 12.2 Å². The first-order chi connectivity index (χ1) is 11.5. The Balaban J connectivity index is 2.02. The van der Waals surface area contributed by atoms with E-state index in [9.17, 15) is 9.18 Å². The zero-order valence-electron chi connectivity index (χ0n) is 12.6. The van der Waals surface area contributed by atoms with Gasteiger partial charge in [0.1, 0.15) is 17.3 Å². The van der Waals surface area contributed by atoms with Crippen LogP contribution in [0.25, 0.3) is 22.7 Å². The Bertz CT molecular complexity index is 858. The molecule has 1 aromatic heterocycles. The minimum Gasteiger partial charge on any atom is -0.440 e. The Labute approximate surface area is 143 Å². The number of nitrogens with zero attached hydrogens (tertiary/aromatic N) is 1. The molecule has 0 bridgehead atoms. The predicted molar refractivity (Wildman–Crippen MR) is 89.9 cm³/mol. The van der Waals surface area contributed by atoms with Gasteiger partial charge in [0.15, 0.2) is 0 Å². The number of carbonyl (C=O) groups is 1. The maximum absolute atomic E-state index is 13.1. The molecule has 0 fully saturated rings. The van der Waals surface area contributed by atoms with Gasteiger partial charge in [0.05, 0.1) is 0 Å². The van der Waals surface area contributed by atoms with Crippen molar-refractivity contribution in [3.8, 4) is 22.7 Å². The number of oxazole rings is 1. The van der Waals surface area contributed by atoms with E-state index in [0.29, 0.717) is 34.4 Å². The van der Waals surface area contributed by atoms with Crippen molar-refractivity contribution in [3.05, 3.63) is 65.1 Å². The molecule has 0 saturated heterocycles. The summed E-state index contributed by atoms with van der Waals surface area (Å²) in [5.74, 6) is 0.156. The molecule has 0 spiro atoms. The van der Waals surface area contributed by atoms with Crippen LogP contribution in [-0.2, 0) is 11.2 Å². The molecule has 2 N–H and O–H groups in total. The molecule has 0 radical (unpaired) electrons. The van der Waals surface area contributed by atoms with Crippen LogP contribution in [0.2, 0.25) is 5.02 Å². The van der Waals surface area contributed by atoms with Crippen molar-refractivity contribution in [1.29, 1.82) is 0 Å². The lowest BCUT2D eigenvalue weighted by molar-refractivity contribution is -0.118. The molecule has 3 aromatic rings. The zero-order chi connectivity index (χ0) is 17.1. The molecule has 0 aliphatic carbocycles. The fourth-order valence-electron chi connectivity index (χ4n) is 2.31. The summed E-state index contributed by atoms with van der Waals surface area (Å²) in [7, 11) is 0. The monoisotopic (exact) mass is 344 g/mol. The van der Waals surface area contributed by atoms with Crippen molar-refractivity contribution in [3.63, 3.8) is 0 Å². The van der Waals surface area contributed by atoms with Crippen molar-refractivity contribution in [1.82, 2.24) is 4.98 Å². The molecular weight excluding hydrogens is 331 g/mol. The van der Waals surface area contributed by atoms with Crippen LogP contribution in [0.1, 0.15) is 12.2 Å². The number of amides is 1. The van der Waals surface area contributed by atoms with E-state index < -0.39 is 5.91 Å². The fourth-order valence-corrected chi connectivity index (χ4v) is 2.43. The van der Waals surface area contributed by atoms with Crippen molar-refractivity contribution in [2.75, 3.05) is 0 Å². The highest BCUT2D eigenvalue weighted by molar-refractivity contribution is 6.30. The van der Waals surface area contributed by atoms with Crippen molar-refractivity contribution in [2.45, 2.75) is 12.8 Å². The van der Waals surface area contributed by atoms with E-state index in [1.807, 2.05) is 12.1 Å². The Kier molecular flexibility index (Phi) is 4.62. The van der Waals surface area contributed by atoms with Crippen LogP contribution >= 0.6 is 11.6 Å². The topological polar surface area (TPSA) is 69.1 Å². The van der Waals surface area contributed by atoms with Crippen LogP contribution in [0, 0.1) is 5.82 Å². The van der Waals surface area contributed by atoms with Crippen LogP contribution in [-0.4, -0.2) is 10.9 Å². The molecule has 2 aromatic carbocycles. The van der Waals surface area contributed by atoms with Crippen LogP contribution in [0.15, 0.2) is 52.9 Å². The molecule has 0 aliphatic rings. The zero-order valence-corrected chi connectivity index (χ0v) is 13.4. The molecule has 24 heavy (non-hydrogen) atoms. The molecule has 3 rings (SSSR count). The third-order valence-electron chi connectivity index (χ3n) is 3.50. The number of primary amides is 1. The minimum atomic E-state index is -0.420. The van der Waals surface area contributed by atoms with E-state index in [4.69, 9.17) is 21.8 Å². The quantitative estimate of drug-likeness (QED) is 0.753. The second kappa shape index (κ2) is 6.84. The summed E-state index contributed by atoms with van der Waals surface area (Å²) in [5.41, 5.74) is 7.31. The lowest BCUT2D eigenvalue weighted by atomic mass is 10.1. The molecule has 0 atom stereocenters. The van der Waals surface area contributed by atoms with Gasteiger partial charge in [-0.1, -0.05) is 23.7 Å². The first kappa shape index (κ1) is 16.2. The Hall–Kier alpha value is -2.66. The Morgan fingerprint density at radius 1 is 1.08 bits per heavy atom. The molecule has 1 heterocycles. The molecule has 0 aliphatic heterocycles. The summed E-state index contributed by atoms with van der Waals surface area (Å²) in [6.07, 6.45) is 0.486. The number of carbonyl (C=O) groups excluding carboxylic acids is 1. The van der Waals surface area contributed by atoms with Crippen molar-refractivity contribution in [2.24, 2.45) is 5.73 Å². The van der Waals surface area contributed by atoms with Gasteiger partial charge in [-0.25, -0.2) is 9.37 Å². The van der Waals surface area contributed by atoms with E-state index in [0.717, 1.165) is 5.56 Å². The number of aromatic nitrogens is 1. The lowest BCUT2D eigenvalue weighted by Crippen LogP contribution is -2.11. The van der Waals surface area contributed by atoms with Gasteiger partial charge in [0.2, 0.25) is 11.8 Å². The minimum absolute atomic E-state index is 0.151. The molecule has 4 nitrogen and oxygen atoms in total. The maximum Gasteiger partial charge on any atom is 0.226 e. The predicted octanol–water partition coefficient (Wildman–Crippen LogP) is 4.22. The summed E-state index contributed by atoms with van der Waals surface area (Å²) in [6.45, 7) is 0. The number of hydrogen-bond acceptors (Lipinski definition) is 3. The molecule has 0 saturated carbocycles. The summed E-state index contributed by atoms with van der Waals surface area (Å²) in [5, 5.41) is 0.611. The Morgan fingerprint density at radius 3 is 2.33 bits per heavy atom. The van der Waals surface area contributed by atoms with Gasteiger partial charge >= 0.3 is 0 Å². The molecule has 0 unspecified atom stereocenters. The van der Waals surface area contributed by atoms with E-state index >= 15 is 0 Å². The van der Waals surface area contributed by atoms with Crippen LogP contribution in [0.5, 0.6) is 0 Å². The van der Waals surface area contributed by atoms with Crippen LogP contribution in [0.3, 0.4) is 0 Å². The second-order valence-electron chi connectivity index (χ2n) is 5.27. The largest absolute Gasteiger partial charge is 0.440 e. The van der Waals surface area contributed by atoms with Crippen molar-refractivity contribution < 1.29 is 13.6 Å². The SMILES string of the molecule is NC(=O)CCc1oc(-c2ccc(F)cc2)nc1-c1ccc(Cl)cc1. The third-order valence-corrected chi connectivity index (χ3v) is 3.76. The first-order valence-electron chi connectivity index (χ1n) is 7.33. The van der Waals surface area contributed by atoms with Gasteiger partial charge in [-0.15, -0.1) is 0 Å². The van der Waals surface area contributed by atoms with Gasteiger partial charge in [0, 0.05) is 29.0 Å². The summed E-state index contributed by atoms with van der Waals surface area (Å²) < 4.78 is 18.9. The van der Waals surface area contributed by atoms with Gasteiger partial charge < -0.3 is 10.2 Å². The van der Waals surface area contributed by atoms with E-state index in [1.54, 1.807) is 24.3 Å². The van der Waals surface area contributed by atoms with E-state index in [2.05, 4.69) is 4.98 Å². The van der Waals surface area contributed by atoms with Crippen LogP contribution < -0.4 is 5.73 Å². The van der Waals surface area contributed by atoms with Gasteiger partial charge in [0.25, 0.3) is 0 Å². The number of halogens is 2. The highest BCUT2D eigenvalue weighted by Gasteiger charge is 2.17. The Morgan fingerprint density at radius 2 is 1.71 bits per heavy atom. The first-order valence-corrected chi connectivity index (χ1v) is 7.70. The standard InChI is InChI=1S/C18H14ClFN2O2/c19-13-5-1-11(2-6-13)17-15(9-10-16(21)23)24-18(22-17)12-3-7-14(20)8-4-12/h1-8H,9-10H2,(H2,21,23). The smallest absolute Gasteiger partial charge is 0.226 e. The van der Waals surface area contributed by atoms with Gasteiger partial charge in [-0.2, -0.15) is 0 Å². The van der Waals surface area contributed by atoms with Gasteiger partial charge in [-0.3, -0.25) is 4.79 Å². The highest BCUT2D eigenvalue weighted by Crippen LogP contribution is 2.30. The number of nitrogens with two attached hydrogens (primary N) is 1. The summed E-state index contributed by atoms with van der Waals surface area (Å²) in [6, 6.07) is 13.0. The molecule has 6 heteroatoms. The average molecular weight is 345 g/mol. The lowest BCUT2D eigenvalue weighted by Gasteiger charge is -2.00. The normalized spacial score (nSPS) is 10.8. The number of aryl methyl sites for hydroxylation is 1. The second-order valence-corrected chi connectivity index (χ2v) is 5.71. The number of rotatable bonds is 5. The fraction of sp³-hybridized carbons (Fsp3) is 0.111. The van der Waals surface area contributed by atoms with Crippen LogP contribution in [0.4, 0.5) is 4.39 Å². The summed E-state index contributed by atoms with van der Waals surface area (Å²) in [4.78, 5) is 15.6. The maximum atomic E-state index is 13.1. The number of benzene rings is 2. The molecule has 1 amide bonds. The molecular formula is C18H14ClFN2O2. The molecule has 122 valence electrons. The highest BCUT2D eigenvalue weighted by atomic mass is 35.5. The van der Waals surface area contributed by atoms with Gasteiger partial charge in [-0.05, 0) is 36.4 Å². The number of hydrogen-bond donors (Lipinski definition) is 1. The van der Waals surface area contributed by atoms with Crippen molar-refractivity contribution >= 4 is 17.5 Å².